The van der Waals surface area contributed by atoms with Crippen molar-refractivity contribution in [1.29, 1.82) is 0 Å². The van der Waals surface area contributed by atoms with Crippen molar-refractivity contribution in [2.75, 3.05) is 18.0 Å². The van der Waals surface area contributed by atoms with Gasteiger partial charge in [-0.05, 0) is 30.2 Å². The van der Waals surface area contributed by atoms with E-state index in [4.69, 9.17) is 0 Å². The molecule has 0 aliphatic carbocycles. The van der Waals surface area contributed by atoms with Crippen molar-refractivity contribution in [2.24, 2.45) is 0 Å². The smallest absolute Gasteiger partial charge is 0.298 e. The molecule has 0 spiro atoms. The van der Waals surface area contributed by atoms with Crippen molar-refractivity contribution in [2.45, 2.75) is 6.42 Å². The van der Waals surface area contributed by atoms with Crippen LogP contribution in [0.3, 0.4) is 0 Å². The predicted molar refractivity (Wildman–Crippen MR) is 62.1 cm³/mol. The summed E-state index contributed by atoms with van der Waals surface area (Å²) >= 11 is 3.35. The van der Waals surface area contributed by atoms with Gasteiger partial charge in [0.1, 0.15) is 0 Å². The molecular weight excluding hydrogens is 276 g/mol. The highest BCUT2D eigenvalue weighted by atomic mass is 79.9. The van der Waals surface area contributed by atoms with E-state index in [-0.39, 0.29) is 0 Å². The fourth-order valence-electron chi connectivity index (χ4n) is 1.83. The van der Waals surface area contributed by atoms with Gasteiger partial charge in [-0.3, -0.25) is 14.9 Å². The summed E-state index contributed by atoms with van der Waals surface area (Å²) in [6.45, 7) is -0.117. The van der Waals surface area contributed by atoms with Gasteiger partial charge < -0.3 is 4.90 Å². The Morgan fingerprint density at radius 2 is 2.31 bits per heavy atom. The lowest BCUT2D eigenvalue weighted by Crippen LogP contribution is -2.34. The van der Waals surface area contributed by atoms with Crippen molar-refractivity contribution >= 4 is 27.5 Å². The molecule has 0 atom stereocenters. The quantitative estimate of drug-likeness (QED) is 0.612. The number of nitro groups is 1. The van der Waals surface area contributed by atoms with Crippen LogP contribution in [0.1, 0.15) is 5.56 Å². The minimum Gasteiger partial charge on any atom is -0.306 e. The van der Waals surface area contributed by atoms with Crippen LogP contribution in [0.5, 0.6) is 0 Å². The highest BCUT2D eigenvalue weighted by Gasteiger charge is 2.27. The minimum atomic E-state index is -0.643. The molecule has 1 aliphatic heterocycles. The van der Waals surface area contributed by atoms with Gasteiger partial charge in [-0.15, -0.1) is 0 Å². The standard InChI is InChI=1S/C10H9BrN2O3/c11-8-1-2-9-7(5-8)3-4-12(9)10(14)6-13(15)16/h1-2,5H,3-4,6H2. The first-order valence-electron chi connectivity index (χ1n) is 4.78. The maximum Gasteiger partial charge on any atom is 0.298 e. The van der Waals surface area contributed by atoms with E-state index < -0.39 is 17.4 Å². The molecule has 0 saturated heterocycles. The second-order valence-electron chi connectivity index (χ2n) is 3.56. The summed E-state index contributed by atoms with van der Waals surface area (Å²) < 4.78 is 0.954. The van der Waals surface area contributed by atoms with E-state index in [1.54, 1.807) is 0 Å². The number of anilines is 1. The average Bonchev–Trinajstić information content (AvgIpc) is 2.59. The van der Waals surface area contributed by atoms with Gasteiger partial charge in [-0.1, -0.05) is 15.9 Å². The molecule has 0 N–H and O–H groups in total. The summed E-state index contributed by atoms with van der Waals surface area (Å²) in [5.74, 6) is -0.453. The van der Waals surface area contributed by atoms with Gasteiger partial charge in [-0.25, -0.2) is 0 Å². The van der Waals surface area contributed by atoms with Crippen molar-refractivity contribution < 1.29 is 9.72 Å². The maximum absolute atomic E-state index is 11.6. The second kappa shape index (κ2) is 4.21. The lowest BCUT2D eigenvalue weighted by atomic mass is 10.2. The number of hydrogen-bond donors (Lipinski definition) is 0. The SMILES string of the molecule is O=C(C[N+](=O)[O-])N1CCc2cc(Br)ccc21. The number of fused-ring (bicyclic) bond motifs is 1. The molecule has 0 fully saturated rings. The van der Waals surface area contributed by atoms with Crippen LogP contribution < -0.4 is 4.90 Å². The molecule has 1 aliphatic rings. The first kappa shape index (κ1) is 11.1. The largest absolute Gasteiger partial charge is 0.306 e. The summed E-state index contributed by atoms with van der Waals surface area (Å²) in [5, 5.41) is 10.3. The number of halogens is 1. The summed E-state index contributed by atoms with van der Waals surface area (Å²) in [7, 11) is 0. The third-order valence-electron chi connectivity index (χ3n) is 2.50. The molecule has 2 rings (SSSR count). The molecule has 0 unspecified atom stereocenters. The number of hydrogen-bond acceptors (Lipinski definition) is 3. The molecule has 0 saturated carbocycles. The molecule has 0 bridgehead atoms. The van der Waals surface area contributed by atoms with Crippen LogP contribution in [0.15, 0.2) is 22.7 Å². The van der Waals surface area contributed by atoms with E-state index in [1.807, 2.05) is 18.2 Å². The first-order chi connectivity index (χ1) is 7.58. The van der Waals surface area contributed by atoms with Crippen molar-refractivity contribution in [1.82, 2.24) is 0 Å². The van der Waals surface area contributed by atoms with Gasteiger partial charge in [-0.2, -0.15) is 0 Å². The fraction of sp³-hybridized carbons (Fsp3) is 0.300. The number of rotatable bonds is 2. The Bertz CT molecular complexity index is 461. The molecule has 84 valence electrons. The average molecular weight is 285 g/mol. The highest BCUT2D eigenvalue weighted by Crippen LogP contribution is 2.30. The van der Waals surface area contributed by atoms with Gasteiger partial charge >= 0.3 is 0 Å². The number of carbonyl (C=O) groups excluding carboxylic acids is 1. The zero-order valence-electron chi connectivity index (χ0n) is 8.35. The van der Waals surface area contributed by atoms with Crippen molar-refractivity contribution in [3.63, 3.8) is 0 Å². The monoisotopic (exact) mass is 284 g/mol. The molecule has 5 nitrogen and oxygen atoms in total. The minimum absolute atomic E-state index is 0.453. The summed E-state index contributed by atoms with van der Waals surface area (Å²) in [6.07, 6.45) is 0.748. The van der Waals surface area contributed by atoms with Gasteiger partial charge in [0.05, 0.1) is 0 Å². The topological polar surface area (TPSA) is 63.4 Å². The van der Waals surface area contributed by atoms with Gasteiger partial charge in [0, 0.05) is 21.6 Å². The van der Waals surface area contributed by atoms with Crippen LogP contribution in [-0.2, 0) is 11.2 Å². The van der Waals surface area contributed by atoms with E-state index in [2.05, 4.69) is 15.9 Å². The third kappa shape index (κ3) is 2.06. The van der Waals surface area contributed by atoms with Crippen molar-refractivity contribution in [3.05, 3.63) is 38.3 Å². The van der Waals surface area contributed by atoms with Gasteiger partial charge in [0.2, 0.25) is 0 Å². The Morgan fingerprint density at radius 1 is 1.56 bits per heavy atom. The van der Waals surface area contributed by atoms with E-state index in [9.17, 15) is 14.9 Å². The Labute approximate surface area is 100 Å². The summed E-state index contributed by atoms with van der Waals surface area (Å²) in [6, 6.07) is 5.58. The van der Waals surface area contributed by atoms with Crippen LogP contribution in [0.4, 0.5) is 5.69 Å². The lowest BCUT2D eigenvalue weighted by Gasteiger charge is -2.14. The molecule has 1 amide bonds. The highest BCUT2D eigenvalue weighted by molar-refractivity contribution is 9.10. The second-order valence-corrected chi connectivity index (χ2v) is 4.47. The number of carbonyl (C=O) groups is 1. The Morgan fingerprint density at radius 3 is 3.00 bits per heavy atom. The lowest BCUT2D eigenvalue weighted by molar-refractivity contribution is -0.467. The molecule has 0 radical (unpaired) electrons. The van der Waals surface area contributed by atoms with Crippen LogP contribution in [0.25, 0.3) is 0 Å². The first-order valence-corrected chi connectivity index (χ1v) is 5.58. The zero-order chi connectivity index (χ0) is 11.7. The van der Waals surface area contributed by atoms with Crippen LogP contribution in [-0.4, -0.2) is 23.9 Å². The molecule has 6 heteroatoms. The Kier molecular flexibility index (Phi) is 2.91. The number of amides is 1. The molecule has 1 aromatic carbocycles. The molecule has 1 heterocycles. The van der Waals surface area contributed by atoms with E-state index in [0.717, 1.165) is 22.1 Å². The zero-order valence-corrected chi connectivity index (χ0v) is 9.94. The van der Waals surface area contributed by atoms with E-state index >= 15 is 0 Å². The predicted octanol–water partition coefficient (Wildman–Crippen LogP) is 1.61. The van der Waals surface area contributed by atoms with Crippen LogP contribution in [0, 0.1) is 10.1 Å². The molecule has 16 heavy (non-hydrogen) atoms. The van der Waals surface area contributed by atoms with E-state index in [0.29, 0.717) is 6.54 Å². The summed E-state index contributed by atoms with van der Waals surface area (Å²) in [4.78, 5) is 22.7. The molecule has 0 aromatic heterocycles. The van der Waals surface area contributed by atoms with E-state index in [1.165, 1.54) is 4.90 Å². The molecule has 1 aromatic rings. The fourth-order valence-corrected chi connectivity index (χ4v) is 2.23. The third-order valence-corrected chi connectivity index (χ3v) is 3.00. The van der Waals surface area contributed by atoms with Gasteiger partial charge in [0.25, 0.3) is 12.5 Å². The van der Waals surface area contributed by atoms with Crippen LogP contribution >= 0.6 is 15.9 Å². The number of benzene rings is 1. The van der Waals surface area contributed by atoms with Crippen LogP contribution in [0.2, 0.25) is 0 Å². The number of nitrogens with zero attached hydrogens (tertiary/aromatic N) is 2. The molecular formula is C10H9BrN2O3. The summed E-state index contributed by atoms with van der Waals surface area (Å²) in [5.41, 5.74) is 1.83. The Hall–Kier alpha value is -1.43. The Balaban J connectivity index is 2.23. The van der Waals surface area contributed by atoms with Crippen molar-refractivity contribution in [3.8, 4) is 0 Å². The normalized spacial score (nSPS) is 13.7. The van der Waals surface area contributed by atoms with Gasteiger partial charge in [0.15, 0.2) is 0 Å². The maximum atomic E-state index is 11.6.